The van der Waals surface area contributed by atoms with Crippen molar-refractivity contribution in [3.05, 3.63) is 83.9 Å². The van der Waals surface area contributed by atoms with E-state index in [0.717, 1.165) is 26.7 Å². The van der Waals surface area contributed by atoms with Gasteiger partial charge in [-0.25, -0.2) is 4.98 Å². The van der Waals surface area contributed by atoms with Crippen LogP contribution >= 0.6 is 11.3 Å². The van der Waals surface area contributed by atoms with Crippen LogP contribution in [0.3, 0.4) is 0 Å². The summed E-state index contributed by atoms with van der Waals surface area (Å²) < 4.78 is 12.7. The monoisotopic (exact) mass is 443 g/mol. The van der Waals surface area contributed by atoms with E-state index in [0.29, 0.717) is 29.6 Å². The van der Waals surface area contributed by atoms with Gasteiger partial charge in [0.25, 0.3) is 5.91 Å². The Hall–Kier alpha value is -3.71. The topological polar surface area (TPSA) is 68.5 Å². The first-order chi connectivity index (χ1) is 15.6. The van der Waals surface area contributed by atoms with Crippen LogP contribution in [0.15, 0.2) is 71.4 Å². The van der Waals surface area contributed by atoms with Gasteiger partial charge < -0.3 is 9.15 Å². The van der Waals surface area contributed by atoms with Crippen molar-refractivity contribution in [2.75, 3.05) is 11.5 Å². The third kappa shape index (κ3) is 3.83. The molecule has 0 aliphatic heterocycles. The summed E-state index contributed by atoms with van der Waals surface area (Å²) in [7, 11) is 0. The SMILES string of the molecule is CCOc1cccc2cc(C(=O)N(Cc3cccnc3)c3nc4ccc(C)cc4s3)oc12. The van der Waals surface area contributed by atoms with Crippen molar-refractivity contribution in [3.8, 4) is 5.75 Å². The van der Waals surface area contributed by atoms with Crippen LogP contribution in [-0.2, 0) is 6.54 Å². The van der Waals surface area contributed by atoms with Gasteiger partial charge in [0, 0.05) is 17.8 Å². The molecule has 2 aromatic carbocycles. The van der Waals surface area contributed by atoms with E-state index < -0.39 is 0 Å². The van der Waals surface area contributed by atoms with Crippen molar-refractivity contribution in [1.29, 1.82) is 0 Å². The first kappa shape index (κ1) is 20.2. The molecule has 5 rings (SSSR count). The van der Waals surface area contributed by atoms with Crippen LogP contribution < -0.4 is 9.64 Å². The molecule has 0 spiro atoms. The zero-order chi connectivity index (χ0) is 22.1. The van der Waals surface area contributed by atoms with Gasteiger partial charge in [0.15, 0.2) is 22.2 Å². The Balaban J connectivity index is 1.58. The number of hydrogen-bond acceptors (Lipinski definition) is 6. The summed E-state index contributed by atoms with van der Waals surface area (Å²) in [5.74, 6) is 0.605. The largest absolute Gasteiger partial charge is 0.490 e. The van der Waals surface area contributed by atoms with E-state index in [-0.39, 0.29) is 11.7 Å². The molecule has 160 valence electrons. The van der Waals surface area contributed by atoms with Gasteiger partial charge in [-0.2, -0.15) is 0 Å². The standard InChI is InChI=1S/C25H21N3O3S/c1-3-30-20-8-4-7-18-13-21(31-23(18)20)24(29)28(15-17-6-5-11-26-14-17)25-27-19-10-9-16(2)12-22(19)32-25/h4-14H,3,15H2,1-2H3. The molecule has 0 aliphatic rings. The summed E-state index contributed by atoms with van der Waals surface area (Å²) in [4.78, 5) is 24.2. The Morgan fingerprint density at radius 3 is 2.88 bits per heavy atom. The number of pyridine rings is 1. The molecule has 32 heavy (non-hydrogen) atoms. The number of ether oxygens (including phenoxy) is 1. The normalized spacial score (nSPS) is 11.2. The lowest BCUT2D eigenvalue weighted by atomic mass is 10.2. The van der Waals surface area contributed by atoms with E-state index in [4.69, 9.17) is 14.1 Å². The number of thiazole rings is 1. The van der Waals surface area contributed by atoms with E-state index >= 15 is 0 Å². The summed E-state index contributed by atoms with van der Waals surface area (Å²) in [6, 6.07) is 17.3. The van der Waals surface area contributed by atoms with Gasteiger partial charge in [-0.15, -0.1) is 0 Å². The Bertz CT molecular complexity index is 1410. The lowest BCUT2D eigenvalue weighted by molar-refractivity contribution is 0.0960. The summed E-state index contributed by atoms with van der Waals surface area (Å²) in [5.41, 5.74) is 3.49. The van der Waals surface area contributed by atoms with E-state index in [1.807, 2.05) is 56.3 Å². The first-order valence-corrected chi connectivity index (χ1v) is 11.2. The van der Waals surface area contributed by atoms with Gasteiger partial charge in [0.05, 0.1) is 23.4 Å². The number of fused-ring (bicyclic) bond motifs is 2. The molecular formula is C25H21N3O3S. The zero-order valence-corrected chi connectivity index (χ0v) is 18.6. The van der Waals surface area contributed by atoms with Crippen LogP contribution in [0.1, 0.15) is 28.6 Å². The van der Waals surface area contributed by atoms with Crippen LogP contribution in [-0.4, -0.2) is 22.5 Å². The maximum atomic E-state index is 13.7. The number of aromatic nitrogens is 2. The number of furan rings is 1. The molecule has 0 bridgehead atoms. The third-order valence-electron chi connectivity index (χ3n) is 5.09. The first-order valence-electron chi connectivity index (χ1n) is 10.4. The molecule has 0 N–H and O–H groups in total. The van der Waals surface area contributed by atoms with E-state index in [2.05, 4.69) is 11.1 Å². The molecule has 3 heterocycles. The van der Waals surface area contributed by atoms with Crippen molar-refractivity contribution in [1.82, 2.24) is 9.97 Å². The fraction of sp³-hybridized carbons (Fsp3) is 0.160. The second kappa shape index (κ2) is 8.43. The van der Waals surface area contributed by atoms with Gasteiger partial charge in [-0.3, -0.25) is 14.7 Å². The third-order valence-corrected chi connectivity index (χ3v) is 6.13. The second-order valence-electron chi connectivity index (χ2n) is 7.44. The quantitative estimate of drug-likeness (QED) is 0.322. The number of carbonyl (C=O) groups is 1. The minimum absolute atomic E-state index is 0.242. The fourth-order valence-electron chi connectivity index (χ4n) is 3.58. The van der Waals surface area contributed by atoms with Crippen LogP contribution in [0.5, 0.6) is 5.75 Å². The van der Waals surface area contributed by atoms with Crippen LogP contribution in [0.25, 0.3) is 21.2 Å². The highest BCUT2D eigenvalue weighted by molar-refractivity contribution is 7.22. The number of hydrogen-bond donors (Lipinski definition) is 0. The molecule has 0 fully saturated rings. The lowest BCUT2D eigenvalue weighted by Gasteiger charge is -2.18. The highest BCUT2D eigenvalue weighted by Crippen LogP contribution is 2.34. The predicted octanol–water partition coefficient (Wildman–Crippen LogP) is 5.99. The molecule has 0 saturated carbocycles. The average molecular weight is 444 g/mol. The van der Waals surface area contributed by atoms with Gasteiger partial charge in [0.2, 0.25) is 0 Å². The van der Waals surface area contributed by atoms with Crippen molar-refractivity contribution >= 4 is 43.6 Å². The van der Waals surface area contributed by atoms with Gasteiger partial charge in [-0.05, 0) is 55.3 Å². The van der Waals surface area contributed by atoms with Crippen LogP contribution in [0, 0.1) is 6.92 Å². The van der Waals surface area contributed by atoms with E-state index in [1.165, 1.54) is 11.3 Å². The maximum Gasteiger partial charge on any atom is 0.296 e. The highest BCUT2D eigenvalue weighted by atomic mass is 32.1. The van der Waals surface area contributed by atoms with Gasteiger partial charge >= 0.3 is 0 Å². The summed E-state index contributed by atoms with van der Waals surface area (Å²) in [5, 5.41) is 1.44. The summed E-state index contributed by atoms with van der Waals surface area (Å²) in [6.07, 6.45) is 3.47. The summed E-state index contributed by atoms with van der Waals surface area (Å²) >= 11 is 1.49. The van der Waals surface area contributed by atoms with Crippen molar-refractivity contribution in [2.24, 2.45) is 0 Å². The number of carbonyl (C=O) groups excluding carboxylic acids is 1. The number of benzene rings is 2. The maximum absolute atomic E-state index is 13.7. The fourth-order valence-corrected chi connectivity index (χ4v) is 4.64. The molecule has 5 aromatic rings. The second-order valence-corrected chi connectivity index (χ2v) is 8.45. The Kier molecular flexibility index (Phi) is 5.33. The molecule has 0 atom stereocenters. The molecule has 1 amide bonds. The van der Waals surface area contributed by atoms with Crippen molar-refractivity contribution < 1.29 is 13.9 Å². The van der Waals surface area contributed by atoms with Crippen LogP contribution in [0.4, 0.5) is 5.13 Å². The smallest absolute Gasteiger partial charge is 0.296 e. The molecule has 0 saturated heterocycles. The molecule has 0 aliphatic carbocycles. The van der Waals surface area contributed by atoms with E-state index in [9.17, 15) is 4.79 Å². The number of para-hydroxylation sites is 1. The number of anilines is 1. The lowest BCUT2D eigenvalue weighted by Crippen LogP contribution is -2.30. The predicted molar refractivity (Wildman–Crippen MR) is 126 cm³/mol. The Morgan fingerprint density at radius 2 is 2.06 bits per heavy atom. The zero-order valence-electron chi connectivity index (χ0n) is 17.7. The Morgan fingerprint density at radius 1 is 1.16 bits per heavy atom. The molecule has 3 aromatic heterocycles. The van der Waals surface area contributed by atoms with Crippen molar-refractivity contribution in [2.45, 2.75) is 20.4 Å². The van der Waals surface area contributed by atoms with Crippen molar-refractivity contribution in [3.63, 3.8) is 0 Å². The van der Waals surface area contributed by atoms with Crippen LogP contribution in [0.2, 0.25) is 0 Å². The molecule has 6 nitrogen and oxygen atoms in total. The van der Waals surface area contributed by atoms with E-state index in [1.54, 1.807) is 23.4 Å². The molecule has 0 radical (unpaired) electrons. The molecule has 0 unspecified atom stereocenters. The number of aryl methyl sites for hydroxylation is 1. The Labute approximate surface area is 189 Å². The number of nitrogens with zero attached hydrogens (tertiary/aromatic N) is 3. The highest BCUT2D eigenvalue weighted by Gasteiger charge is 2.25. The average Bonchev–Trinajstić information content (AvgIpc) is 3.42. The molecular weight excluding hydrogens is 422 g/mol. The van der Waals surface area contributed by atoms with Gasteiger partial charge in [0.1, 0.15) is 0 Å². The number of amides is 1. The minimum Gasteiger partial charge on any atom is -0.490 e. The summed E-state index contributed by atoms with van der Waals surface area (Å²) in [6.45, 7) is 4.81. The number of rotatable bonds is 6. The van der Waals surface area contributed by atoms with Gasteiger partial charge in [-0.1, -0.05) is 35.6 Å². The molecule has 7 heteroatoms. The minimum atomic E-state index is -0.261.